The molecule has 0 unspecified atom stereocenters. The van der Waals surface area contributed by atoms with Crippen molar-refractivity contribution in [2.45, 2.75) is 46.3 Å². The zero-order valence-corrected chi connectivity index (χ0v) is 14.1. The van der Waals surface area contributed by atoms with Crippen LogP contribution in [-0.4, -0.2) is 31.7 Å². The van der Waals surface area contributed by atoms with Gasteiger partial charge in [0, 0.05) is 13.1 Å². The molecule has 122 valence electrons. The molecular weight excluding hydrogens is 276 g/mol. The smallest absolute Gasteiger partial charge is 0.223 e. The van der Waals surface area contributed by atoms with Gasteiger partial charge in [-0.15, -0.1) is 0 Å². The van der Waals surface area contributed by atoms with Gasteiger partial charge in [0.25, 0.3) is 0 Å². The van der Waals surface area contributed by atoms with Crippen molar-refractivity contribution in [1.29, 1.82) is 0 Å². The zero-order valence-electron chi connectivity index (χ0n) is 14.1. The monoisotopic (exact) mass is 304 g/mol. The van der Waals surface area contributed by atoms with E-state index in [0.717, 1.165) is 18.7 Å². The summed E-state index contributed by atoms with van der Waals surface area (Å²) in [6.45, 7) is 10.8. The molecule has 0 bridgehead atoms. The average molecular weight is 304 g/mol. The number of morpholine rings is 1. The van der Waals surface area contributed by atoms with Crippen LogP contribution in [0.4, 0.5) is 0 Å². The fourth-order valence-electron chi connectivity index (χ4n) is 2.83. The fraction of sp³-hybridized carbons (Fsp3) is 0.611. The first-order valence-electron chi connectivity index (χ1n) is 8.04. The van der Waals surface area contributed by atoms with Gasteiger partial charge in [-0.1, -0.05) is 50.6 Å². The van der Waals surface area contributed by atoms with E-state index in [1.807, 2.05) is 6.07 Å². The molecule has 1 aromatic carbocycles. The number of amides is 1. The highest BCUT2D eigenvalue weighted by molar-refractivity contribution is 5.77. The number of ether oxygens (including phenoxy) is 1. The lowest BCUT2D eigenvalue weighted by Crippen LogP contribution is -2.43. The Morgan fingerprint density at radius 1 is 1.45 bits per heavy atom. The summed E-state index contributed by atoms with van der Waals surface area (Å²) in [5, 5.41) is 6.46. The Labute approximate surface area is 133 Å². The van der Waals surface area contributed by atoms with Crippen molar-refractivity contribution < 1.29 is 9.53 Å². The zero-order chi connectivity index (χ0) is 16.2. The predicted octanol–water partition coefficient (Wildman–Crippen LogP) is 2.58. The van der Waals surface area contributed by atoms with Crippen LogP contribution in [0.15, 0.2) is 24.3 Å². The molecular formula is C18H28N2O2. The topological polar surface area (TPSA) is 50.4 Å². The van der Waals surface area contributed by atoms with E-state index in [-0.39, 0.29) is 23.5 Å². The summed E-state index contributed by atoms with van der Waals surface area (Å²) < 4.78 is 5.62. The van der Waals surface area contributed by atoms with Gasteiger partial charge in [0.1, 0.15) is 0 Å². The van der Waals surface area contributed by atoms with Crippen molar-refractivity contribution in [3.63, 3.8) is 0 Å². The number of aryl methyl sites for hydroxylation is 1. The van der Waals surface area contributed by atoms with Crippen molar-refractivity contribution in [3.05, 3.63) is 35.4 Å². The minimum absolute atomic E-state index is 0.00329. The van der Waals surface area contributed by atoms with Crippen LogP contribution in [0, 0.1) is 12.3 Å². The summed E-state index contributed by atoms with van der Waals surface area (Å²) >= 11 is 0. The molecule has 0 aromatic heterocycles. The van der Waals surface area contributed by atoms with E-state index in [9.17, 15) is 4.79 Å². The lowest BCUT2D eigenvalue weighted by atomic mass is 9.82. The third-order valence-electron chi connectivity index (χ3n) is 3.96. The van der Waals surface area contributed by atoms with Crippen LogP contribution in [0.25, 0.3) is 0 Å². The molecule has 0 radical (unpaired) electrons. The van der Waals surface area contributed by atoms with E-state index in [4.69, 9.17) is 4.74 Å². The number of benzene rings is 1. The molecule has 1 heterocycles. The maximum absolute atomic E-state index is 12.4. The van der Waals surface area contributed by atoms with Gasteiger partial charge >= 0.3 is 0 Å². The maximum atomic E-state index is 12.4. The molecule has 1 fully saturated rings. The van der Waals surface area contributed by atoms with Gasteiger partial charge in [-0.05, 0) is 17.9 Å². The highest BCUT2D eigenvalue weighted by atomic mass is 16.5. The van der Waals surface area contributed by atoms with Gasteiger partial charge in [-0.3, -0.25) is 4.79 Å². The first-order chi connectivity index (χ1) is 10.4. The summed E-state index contributed by atoms with van der Waals surface area (Å²) in [4.78, 5) is 12.4. The standard InChI is InChI=1S/C18H28N2O2/c1-13-6-5-7-14(10-13)17(18(2,3)4)20-16(21)11-15-12-19-8-9-22-15/h5-7,10,15,17,19H,8-9,11-12H2,1-4H3,(H,20,21)/t15-,17-/m1/s1. The van der Waals surface area contributed by atoms with Crippen LogP contribution in [0.3, 0.4) is 0 Å². The van der Waals surface area contributed by atoms with E-state index >= 15 is 0 Å². The van der Waals surface area contributed by atoms with Gasteiger partial charge in [0.2, 0.25) is 5.91 Å². The molecule has 1 aliphatic rings. The molecule has 1 amide bonds. The fourth-order valence-corrected chi connectivity index (χ4v) is 2.83. The highest BCUT2D eigenvalue weighted by Crippen LogP contribution is 2.33. The third kappa shape index (κ3) is 4.82. The molecule has 2 N–H and O–H groups in total. The Balaban J connectivity index is 2.05. The molecule has 2 rings (SSSR count). The van der Waals surface area contributed by atoms with Crippen molar-refractivity contribution in [1.82, 2.24) is 10.6 Å². The van der Waals surface area contributed by atoms with Crippen molar-refractivity contribution >= 4 is 5.91 Å². The Kier molecular flexibility index (Phi) is 5.59. The average Bonchev–Trinajstić information content (AvgIpc) is 2.44. The lowest BCUT2D eigenvalue weighted by molar-refractivity contribution is -0.126. The summed E-state index contributed by atoms with van der Waals surface area (Å²) in [6.07, 6.45) is 0.387. The molecule has 1 saturated heterocycles. The van der Waals surface area contributed by atoms with Gasteiger partial charge in [-0.25, -0.2) is 0 Å². The van der Waals surface area contributed by atoms with Gasteiger partial charge < -0.3 is 15.4 Å². The second kappa shape index (κ2) is 7.25. The molecule has 0 aliphatic carbocycles. The van der Waals surface area contributed by atoms with Crippen LogP contribution < -0.4 is 10.6 Å². The molecule has 0 spiro atoms. The van der Waals surface area contributed by atoms with Gasteiger partial charge in [-0.2, -0.15) is 0 Å². The molecule has 1 aliphatic heterocycles. The van der Waals surface area contributed by atoms with E-state index in [1.54, 1.807) is 0 Å². The van der Waals surface area contributed by atoms with Crippen LogP contribution in [0.1, 0.15) is 44.4 Å². The van der Waals surface area contributed by atoms with E-state index in [2.05, 4.69) is 56.5 Å². The summed E-state index contributed by atoms with van der Waals surface area (Å²) in [6, 6.07) is 8.35. The van der Waals surface area contributed by atoms with Crippen LogP contribution >= 0.6 is 0 Å². The van der Waals surface area contributed by atoms with Crippen molar-refractivity contribution in [2.24, 2.45) is 5.41 Å². The minimum Gasteiger partial charge on any atom is -0.375 e. The largest absolute Gasteiger partial charge is 0.375 e. The van der Waals surface area contributed by atoms with Crippen molar-refractivity contribution in [2.75, 3.05) is 19.7 Å². The normalized spacial score (nSPS) is 20.5. The van der Waals surface area contributed by atoms with Gasteiger partial charge in [0.15, 0.2) is 0 Å². The maximum Gasteiger partial charge on any atom is 0.223 e. The molecule has 2 atom stereocenters. The van der Waals surface area contributed by atoms with E-state index in [0.29, 0.717) is 13.0 Å². The quantitative estimate of drug-likeness (QED) is 0.899. The number of hydrogen-bond donors (Lipinski definition) is 2. The first kappa shape index (κ1) is 17.0. The second-order valence-corrected chi connectivity index (χ2v) is 7.18. The first-order valence-corrected chi connectivity index (χ1v) is 8.04. The van der Waals surface area contributed by atoms with Crippen molar-refractivity contribution in [3.8, 4) is 0 Å². The molecule has 0 saturated carbocycles. The summed E-state index contributed by atoms with van der Waals surface area (Å²) in [5.41, 5.74) is 2.32. The Hall–Kier alpha value is -1.39. The third-order valence-corrected chi connectivity index (χ3v) is 3.96. The van der Waals surface area contributed by atoms with Gasteiger partial charge in [0.05, 0.1) is 25.2 Å². The number of rotatable bonds is 4. The van der Waals surface area contributed by atoms with Crippen LogP contribution in [0.5, 0.6) is 0 Å². The Bertz CT molecular complexity index is 502. The Morgan fingerprint density at radius 2 is 2.23 bits per heavy atom. The Morgan fingerprint density at radius 3 is 2.82 bits per heavy atom. The SMILES string of the molecule is Cc1cccc([C@@H](NC(=O)C[C@@H]2CNCCO2)C(C)(C)C)c1. The van der Waals surface area contributed by atoms with E-state index in [1.165, 1.54) is 5.56 Å². The molecule has 4 heteroatoms. The molecule has 22 heavy (non-hydrogen) atoms. The van der Waals surface area contributed by atoms with E-state index < -0.39 is 0 Å². The second-order valence-electron chi connectivity index (χ2n) is 7.18. The lowest BCUT2D eigenvalue weighted by Gasteiger charge is -2.33. The van der Waals surface area contributed by atoms with Crippen LogP contribution in [-0.2, 0) is 9.53 Å². The summed E-state index contributed by atoms with van der Waals surface area (Å²) in [5.74, 6) is 0.0510. The number of hydrogen-bond acceptors (Lipinski definition) is 3. The molecule has 4 nitrogen and oxygen atoms in total. The summed E-state index contributed by atoms with van der Waals surface area (Å²) in [7, 11) is 0. The predicted molar refractivity (Wildman–Crippen MR) is 88.7 cm³/mol. The molecule has 1 aromatic rings. The number of carbonyl (C=O) groups excluding carboxylic acids is 1. The minimum atomic E-state index is -0.0465. The highest BCUT2D eigenvalue weighted by Gasteiger charge is 2.29. The van der Waals surface area contributed by atoms with Crippen LogP contribution in [0.2, 0.25) is 0 Å². The number of nitrogens with one attached hydrogen (secondary N) is 2. The number of carbonyl (C=O) groups is 1.